The van der Waals surface area contributed by atoms with Crippen molar-refractivity contribution in [3.05, 3.63) is 35.9 Å². The molecule has 3 unspecified atom stereocenters. The molecule has 1 aliphatic heterocycles. The zero-order valence-corrected chi connectivity index (χ0v) is 10.4. The third kappa shape index (κ3) is 2.79. The van der Waals surface area contributed by atoms with Crippen LogP contribution in [0.2, 0.25) is 0 Å². The predicted molar refractivity (Wildman–Crippen MR) is 67.1 cm³/mol. The number of Topliss-reactive ketones (excluding diaryl/α,β-unsaturated/α-hetero) is 1. The molecule has 1 aromatic carbocycles. The number of hydrogen-bond donors (Lipinski definition) is 0. The van der Waals surface area contributed by atoms with Crippen LogP contribution in [0, 0.1) is 11.8 Å². The molecule has 1 heterocycles. The molecule has 0 amide bonds. The third-order valence-electron chi connectivity index (χ3n) is 3.73. The van der Waals surface area contributed by atoms with Crippen molar-refractivity contribution in [1.29, 1.82) is 0 Å². The lowest BCUT2D eigenvalue weighted by molar-refractivity contribution is -0.122. The standard InChI is InChI=1S/C15H18O3/c16-15-7-13(18-9-12-6-14(12)15)10-17-8-11-4-2-1-3-5-11/h1-5,12-14H,6-10H2. The highest BCUT2D eigenvalue weighted by molar-refractivity contribution is 5.84. The van der Waals surface area contributed by atoms with E-state index in [1.807, 2.05) is 30.3 Å². The molecule has 18 heavy (non-hydrogen) atoms. The van der Waals surface area contributed by atoms with E-state index in [2.05, 4.69) is 0 Å². The Labute approximate surface area is 107 Å². The summed E-state index contributed by atoms with van der Waals surface area (Å²) in [5.74, 6) is 1.16. The maximum Gasteiger partial charge on any atom is 0.139 e. The monoisotopic (exact) mass is 246 g/mol. The molecule has 3 heteroatoms. The lowest BCUT2D eigenvalue weighted by Gasteiger charge is -2.15. The number of carbonyl (C=O) groups excluding carboxylic acids is 1. The first kappa shape index (κ1) is 11.9. The first-order valence-corrected chi connectivity index (χ1v) is 6.59. The average molecular weight is 246 g/mol. The minimum absolute atomic E-state index is 0.0472. The van der Waals surface area contributed by atoms with Gasteiger partial charge < -0.3 is 9.47 Å². The van der Waals surface area contributed by atoms with Gasteiger partial charge in [-0.3, -0.25) is 4.79 Å². The fraction of sp³-hybridized carbons (Fsp3) is 0.533. The Kier molecular flexibility index (Phi) is 3.43. The van der Waals surface area contributed by atoms with Gasteiger partial charge in [0.25, 0.3) is 0 Å². The molecule has 0 bridgehead atoms. The third-order valence-corrected chi connectivity index (χ3v) is 3.73. The van der Waals surface area contributed by atoms with Crippen LogP contribution in [0.25, 0.3) is 0 Å². The van der Waals surface area contributed by atoms with Crippen LogP contribution in [0.3, 0.4) is 0 Å². The van der Waals surface area contributed by atoms with E-state index in [1.54, 1.807) is 0 Å². The molecule has 1 saturated heterocycles. The fourth-order valence-electron chi connectivity index (χ4n) is 2.51. The zero-order chi connectivity index (χ0) is 12.4. The van der Waals surface area contributed by atoms with Crippen molar-refractivity contribution in [3.8, 4) is 0 Å². The first-order chi connectivity index (χ1) is 8.83. The molecular formula is C15H18O3. The fourth-order valence-corrected chi connectivity index (χ4v) is 2.51. The smallest absolute Gasteiger partial charge is 0.139 e. The van der Waals surface area contributed by atoms with Gasteiger partial charge in [0.05, 0.1) is 25.9 Å². The normalized spacial score (nSPS) is 30.7. The van der Waals surface area contributed by atoms with Crippen LogP contribution in [0.4, 0.5) is 0 Å². The topological polar surface area (TPSA) is 35.5 Å². The molecule has 96 valence electrons. The molecule has 1 aliphatic carbocycles. The summed E-state index contributed by atoms with van der Waals surface area (Å²) in [6, 6.07) is 10.1. The van der Waals surface area contributed by atoms with Gasteiger partial charge in [0.2, 0.25) is 0 Å². The Morgan fingerprint density at radius 2 is 2.11 bits per heavy atom. The van der Waals surface area contributed by atoms with Crippen LogP contribution in [-0.4, -0.2) is 25.1 Å². The second-order valence-electron chi connectivity index (χ2n) is 5.23. The molecular weight excluding hydrogens is 228 g/mol. The number of benzene rings is 1. The van der Waals surface area contributed by atoms with Gasteiger partial charge in [-0.2, -0.15) is 0 Å². The average Bonchev–Trinajstić information content (AvgIpc) is 3.16. The molecule has 3 nitrogen and oxygen atoms in total. The van der Waals surface area contributed by atoms with Gasteiger partial charge in [-0.15, -0.1) is 0 Å². The molecule has 1 saturated carbocycles. The van der Waals surface area contributed by atoms with Gasteiger partial charge in [0, 0.05) is 12.3 Å². The summed E-state index contributed by atoms with van der Waals surface area (Å²) in [5, 5.41) is 0. The van der Waals surface area contributed by atoms with Crippen molar-refractivity contribution >= 4 is 5.78 Å². The molecule has 0 aromatic heterocycles. The van der Waals surface area contributed by atoms with Crippen LogP contribution in [0.1, 0.15) is 18.4 Å². The summed E-state index contributed by atoms with van der Waals surface area (Å²) < 4.78 is 11.4. The van der Waals surface area contributed by atoms with Gasteiger partial charge in [0.15, 0.2) is 0 Å². The molecule has 0 N–H and O–H groups in total. The van der Waals surface area contributed by atoms with E-state index >= 15 is 0 Å². The molecule has 3 rings (SSSR count). The van der Waals surface area contributed by atoms with Crippen molar-refractivity contribution in [2.75, 3.05) is 13.2 Å². The highest BCUT2D eigenvalue weighted by Crippen LogP contribution is 2.42. The summed E-state index contributed by atoms with van der Waals surface area (Å²) in [7, 11) is 0. The number of ether oxygens (including phenoxy) is 2. The molecule has 2 aliphatic rings. The van der Waals surface area contributed by atoms with E-state index in [0.29, 0.717) is 37.3 Å². The number of rotatable bonds is 4. The quantitative estimate of drug-likeness (QED) is 0.817. The Morgan fingerprint density at radius 3 is 2.94 bits per heavy atom. The minimum Gasteiger partial charge on any atom is -0.375 e. The highest BCUT2D eigenvalue weighted by atomic mass is 16.5. The largest absolute Gasteiger partial charge is 0.375 e. The lowest BCUT2D eigenvalue weighted by atomic mass is 10.1. The van der Waals surface area contributed by atoms with E-state index in [-0.39, 0.29) is 6.10 Å². The second-order valence-corrected chi connectivity index (χ2v) is 5.23. The molecule has 3 atom stereocenters. The zero-order valence-electron chi connectivity index (χ0n) is 10.4. The first-order valence-electron chi connectivity index (χ1n) is 6.59. The van der Waals surface area contributed by atoms with Crippen molar-refractivity contribution in [1.82, 2.24) is 0 Å². The van der Waals surface area contributed by atoms with Crippen LogP contribution in [-0.2, 0) is 20.9 Å². The lowest BCUT2D eigenvalue weighted by Crippen LogP contribution is -2.22. The van der Waals surface area contributed by atoms with Crippen molar-refractivity contribution in [2.45, 2.75) is 25.6 Å². The van der Waals surface area contributed by atoms with Crippen LogP contribution in [0.5, 0.6) is 0 Å². The summed E-state index contributed by atoms with van der Waals surface area (Å²) >= 11 is 0. The second kappa shape index (κ2) is 5.21. The summed E-state index contributed by atoms with van der Waals surface area (Å²) in [5.41, 5.74) is 1.15. The number of ketones is 1. The number of fused-ring (bicyclic) bond motifs is 1. The van der Waals surface area contributed by atoms with Crippen molar-refractivity contribution in [2.24, 2.45) is 11.8 Å². The Morgan fingerprint density at radius 1 is 1.28 bits per heavy atom. The highest BCUT2D eigenvalue weighted by Gasteiger charge is 2.45. The van der Waals surface area contributed by atoms with Crippen LogP contribution < -0.4 is 0 Å². The Balaban J connectivity index is 1.44. The van der Waals surface area contributed by atoms with Crippen molar-refractivity contribution < 1.29 is 14.3 Å². The number of carbonyl (C=O) groups is 1. The number of hydrogen-bond acceptors (Lipinski definition) is 3. The SMILES string of the molecule is O=C1CC(COCc2ccccc2)OCC2CC12. The molecule has 0 spiro atoms. The van der Waals surface area contributed by atoms with E-state index in [0.717, 1.165) is 18.6 Å². The Hall–Kier alpha value is -1.19. The van der Waals surface area contributed by atoms with Gasteiger partial charge in [0.1, 0.15) is 5.78 Å². The predicted octanol–water partition coefficient (Wildman–Crippen LogP) is 2.20. The van der Waals surface area contributed by atoms with Gasteiger partial charge in [-0.25, -0.2) is 0 Å². The minimum atomic E-state index is -0.0472. The van der Waals surface area contributed by atoms with E-state index in [4.69, 9.17) is 9.47 Å². The molecule has 1 aromatic rings. The maximum atomic E-state index is 11.8. The maximum absolute atomic E-state index is 11.8. The van der Waals surface area contributed by atoms with Crippen LogP contribution in [0.15, 0.2) is 30.3 Å². The van der Waals surface area contributed by atoms with Crippen LogP contribution >= 0.6 is 0 Å². The van der Waals surface area contributed by atoms with E-state index in [9.17, 15) is 4.79 Å². The van der Waals surface area contributed by atoms with Gasteiger partial charge >= 0.3 is 0 Å². The summed E-state index contributed by atoms with van der Waals surface area (Å²) in [6.45, 7) is 1.83. The Bertz CT molecular complexity index is 415. The molecule has 0 radical (unpaired) electrons. The van der Waals surface area contributed by atoms with E-state index < -0.39 is 0 Å². The van der Waals surface area contributed by atoms with Crippen molar-refractivity contribution in [3.63, 3.8) is 0 Å². The summed E-state index contributed by atoms with van der Waals surface area (Å²) in [6.07, 6.45) is 1.51. The van der Waals surface area contributed by atoms with Gasteiger partial charge in [-0.1, -0.05) is 30.3 Å². The molecule has 2 fully saturated rings. The van der Waals surface area contributed by atoms with E-state index in [1.165, 1.54) is 0 Å². The van der Waals surface area contributed by atoms with Gasteiger partial charge in [-0.05, 0) is 17.9 Å². The summed E-state index contributed by atoms with van der Waals surface area (Å²) in [4.78, 5) is 11.8.